The van der Waals surface area contributed by atoms with Crippen LogP contribution in [-0.2, 0) is 0 Å². The summed E-state index contributed by atoms with van der Waals surface area (Å²) in [7, 11) is 1.70. The molecule has 0 heterocycles. The summed E-state index contributed by atoms with van der Waals surface area (Å²) in [5, 5.41) is 7.72. The van der Waals surface area contributed by atoms with Crippen LogP contribution in [0.4, 0.5) is 0 Å². The Morgan fingerprint density at radius 1 is 0.696 bits per heavy atom. The molecule has 0 saturated heterocycles. The van der Waals surface area contributed by atoms with Crippen LogP contribution in [0.5, 0.6) is 5.75 Å². The second-order valence-corrected chi connectivity index (χ2v) is 6.82. The molecule has 0 aliphatic carbocycles. The lowest BCUT2D eigenvalue weighted by molar-refractivity contribution is 0.413. The molecule has 1 nitrogen and oxygen atoms in total. The van der Waals surface area contributed by atoms with Gasteiger partial charge >= 0.3 is 0 Å². The van der Waals surface area contributed by atoms with E-state index in [2.05, 4.69) is 72.2 Å². The van der Waals surface area contributed by atoms with E-state index in [1.165, 1.54) is 43.4 Å². The van der Waals surface area contributed by atoms with Crippen molar-refractivity contribution in [1.82, 2.24) is 0 Å². The molecular formula is C21H17BrO. The van der Waals surface area contributed by atoms with Crippen molar-refractivity contribution in [1.29, 1.82) is 0 Å². The molecule has 4 aromatic rings. The molecule has 0 bridgehead atoms. The van der Waals surface area contributed by atoms with Gasteiger partial charge in [0.1, 0.15) is 5.75 Å². The van der Waals surface area contributed by atoms with Gasteiger partial charge in [0.15, 0.2) is 0 Å². The zero-order valence-corrected chi connectivity index (χ0v) is 15.0. The van der Waals surface area contributed by atoms with Crippen molar-refractivity contribution >= 4 is 48.2 Å². The molecule has 0 unspecified atom stereocenters. The van der Waals surface area contributed by atoms with Gasteiger partial charge in [-0.25, -0.2) is 0 Å². The number of ether oxygens (including phenoxy) is 1. The van der Waals surface area contributed by atoms with E-state index in [9.17, 15) is 0 Å². The van der Waals surface area contributed by atoms with Gasteiger partial charge in [-0.1, -0.05) is 36.4 Å². The monoisotopic (exact) mass is 364 g/mol. The van der Waals surface area contributed by atoms with E-state index in [0.29, 0.717) is 0 Å². The van der Waals surface area contributed by atoms with Gasteiger partial charge in [-0.3, -0.25) is 0 Å². The molecule has 0 amide bonds. The van der Waals surface area contributed by atoms with Crippen LogP contribution >= 0.6 is 15.9 Å². The number of benzene rings is 4. The summed E-state index contributed by atoms with van der Waals surface area (Å²) in [4.78, 5) is 0. The highest BCUT2D eigenvalue weighted by Crippen LogP contribution is 2.40. The molecule has 0 aliphatic heterocycles. The summed E-state index contributed by atoms with van der Waals surface area (Å²) in [6.07, 6.45) is 0. The number of hydrogen-bond acceptors (Lipinski definition) is 1. The summed E-state index contributed by atoms with van der Waals surface area (Å²) in [6.45, 7) is 4.37. The zero-order valence-electron chi connectivity index (χ0n) is 13.4. The third kappa shape index (κ3) is 2.05. The van der Waals surface area contributed by atoms with Gasteiger partial charge in [-0.15, -0.1) is 0 Å². The summed E-state index contributed by atoms with van der Waals surface area (Å²) < 4.78 is 6.46. The number of rotatable bonds is 1. The van der Waals surface area contributed by atoms with Crippen LogP contribution in [0.1, 0.15) is 11.1 Å². The maximum atomic E-state index is 5.45. The van der Waals surface area contributed by atoms with Crippen molar-refractivity contribution < 1.29 is 4.74 Å². The van der Waals surface area contributed by atoms with Gasteiger partial charge in [-0.2, -0.15) is 0 Å². The highest BCUT2D eigenvalue weighted by molar-refractivity contribution is 9.10. The highest BCUT2D eigenvalue weighted by Gasteiger charge is 2.12. The number of fused-ring (bicyclic) bond motifs is 5. The van der Waals surface area contributed by atoms with E-state index in [1.54, 1.807) is 7.11 Å². The lowest BCUT2D eigenvalue weighted by atomic mass is 9.92. The third-order valence-electron chi connectivity index (χ3n) is 4.70. The lowest BCUT2D eigenvalue weighted by Gasteiger charge is -2.14. The average Bonchev–Trinajstić information content (AvgIpc) is 2.57. The minimum absolute atomic E-state index is 0.866. The first-order chi connectivity index (χ1) is 11.1. The summed E-state index contributed by atoms with van der Waals surface area (Å²) >= 11 is 3.70. The smallest absolute Gasteiger partial charge is 0.133 e. The predicted molar refractivity (Wildman–Crippen MR) is 103 cm³/mol. The maximum Gasteiger partial charge on any atom is 0.133 e. The minimum Gasteiger partial charge on any atom is -0.496 e. The molecule has 0 aliphatic rings. The fourth-order valence-corrected chi connectivity index (χ4v) is 4.13. The van der Waals surface area contributed by atoms with Crippen LogP contribution in [0.2, 0.25) is 0 Å². The average molecular weight is 365 g/mol. The number of hydrogen-bond donors (Lipinski definition) is 0. The van der Waals surface area contributed by atoms with E-state index in [-0.39, 0.29) is 0 Å². The van der Waals surface area contributed by atoms with Crippen molar-refractivity contribution in [2.75, 3.05) is 7.11 Å². The second kappa shape index (κ2) is 5.24. The fourth-order valence-electron chi connectivity index (χ4n) is 3.49. The van der Waals surface area contributed by atoms with Crippen LogP contribution in [0.3, 0.4) is 0 Å². The lowest BCUT2D eigenvalue weighted by Crippen LogP contribution is -1.89. The Labute approximate surface area is 144 Å². The van der Waals surface area contributed by atoms with Gasteiger partial charge < -0.3 is 4.74 Å². The van der Waals surface area contributed by atoms with Crippen LogP contribution < -0.4 is 4.74 Å². The summed E-state index contributed by atoms with van der Waals surface area (Å²) in [5.74, 6) is 0.866. The first kappa shape index (κ1) is 14.5. The topological polar surface area (TPSA) is 9.23 Å². The maximum absolute atomic E-state index is 5.45. The molecular weight excluding hydrogens is 348 g/mol. The summed E-state index contributed by atoms with van der Waals surface area (Å²) in [6, 6.07) is 17.5. The Hall–Kier alpha value is -2.06. The van der Waals surface area contributed by atoms with Crippen LogP contribution in [0, 0.1) is 13.8 Å². The number of aryl methyl sites for hydroxylation is 2. The van der Waals surface area contributed by atoms with Crippen molar-refractivity contribution in [3.8, 4) is 5.75 Å². The van der Waals surface area contributed by atoms with Crippen LogP contribution in [-0.4, -0.2) is 7.11 Å². The van der Waals surface area contributed by atoms with E-state index < -0.39 is 0 Å². The van der Waals surface area contributed by atoms with Crippen molar-refractivity contribution in [3.05, 3.63) is 64.1 Å². The molecule has 0 atom stereocenters. The normalized spacial score (nSPS) is 11.5. The van der Waals surface area contributed by atoms with Gasteiger partial charge in [0, 0.05) is 5.39 Å². The Balaban J connectivity index is 2.31. The molecule has 4 aromatic carbocycles. The molecule has 0 radical (unpaired) electrons. The van der Waals surface area contributed by atoms with E-state index >= 15 is 0 Å². The van der Waals surface area contributed by atoms with E-state index in [4.69, 9.17) is 4.74 Å². The molecule has 0 N–H and O–H groups in total. The zero-order chi connectivity index (χ0) is 16.1. The molecule has 0 spiro atoms. The fraction of sp³-hybridized carbons (Fsp3) is 0.143. The Morgan fingerprint density at radius 3 is 2.09 bits per heavy atom. The van der Waals surface area contributed by atoms with Crippen LogP contribution in [0.25, 0.3) is 32.3 Å². The quantitative estimate of drug-likeness (QED) is 0.348. The predicted octanol–water partition coefficient (Wildman–Crippen LogP) is 6.53. The Morgan fingerprint density at radius 2 is 1.35 bits per heavy atom. The SMILES string of the molecule is COc1ccc2c(ccc3ccc4c(C)ccc(C)c4c32)c1Br. The molecule has 0 aromatic heterocycles. The Bertz CT molecular complexity index is 1080. The van der Waals surface area contributed by atoms with Crippen molar-refractivity contribution in [3.63, 3.8) is 0 Å². The Kier molecular flexibility index (Phi) is 3.31. The molecule has 23 heavy (non-hydrogen) atoms. The molecule has 114 valence electrons. The molecule has 0 fully saturated rings. The first-order valence-corrected chi connectivity index (χ1v) is 8.49. The largest absolute Gasteiger partial charge is 0.496 e. The van der Waals surface area contributed by atoms with Crippen LogP contribution in [0.15, 0.2) is 53.0 Å². The first-order valence-electron chi connectivity index (χ1n) is 7.69. The van der Waals surface area contributed by atoms with Crippen molar-refractivity contribution in [2.45, 2.75) is 13.8 Å². The van der Waals surface area contributed by atoms with E-state index in [1.807, 2.05) is 6.07 Å². The van der Waals surface area contributed by atoms with Crippen molar-refractivity contribution in [2.24, 2.45) is 0 Å². The van der Waals surface area contributed by atoms with Gasteiger partial charge in [0.2, 0.25) is 0 Å². The minimum atomic E-state index is 0.866. The molecule has 4 rings (SSSR count). The van der Waals surface area contributed by atoms with Gasteiger partial charge in [-0.05, 0) is 80.0 Å². The number of halogens is 1. The standard InChI is InChI=1S/C21H17BrO/c1-12-4-5-13(2)19-15(12)8-6-14-7-9-17-16(20(14)19)10-11-18(23-3)21(17)22/h4-11H,1-3H3. The highest BCUT2D eigenvalue weighted by atomic mass is 79.9. The summed E-state index contributed by atoms with van der Waals surface area (Å²) in [5.41, 5.74) is 2.63. The molecule has 2 heteroatoms. The second-order valence-electron chi connectivity index (χ2n) is 6.03. The third-order valence-corrected chi connectivity index (χ3v) is 5.52. The van der Waals surface area contributed by atoms with E-state index in [0.717, 1.165) is 10.2 Å². The van der Waals surface area contributed by atoms with Gasteiger partial charge in [0.25, 0.3) is 0 Å². The molecule has 0 saturated carbocycles. The van der Waals surface area contributed by atoms with Gasteiger partial charge in [0.05, 0.1) is 11.6 Å². The number of methoxy groups -OCH3 is 1.